The van der Waals surface area contributed by atoms with Crippen LogP contribution in [0.15, 0.2) is 0 Å². The Hall–Kier alpha value is 0.200. The molecule has 58 valence electrons. The third-order valence-corrected chi connectivity index (χ3v) is 1.01. The van der Waals surface area contributed by atoms with Gasteiger partial charge >= 0.3 is 37.7 Å². The van der Waals surface area contributed by atoms with Gasteiger partial charge in [0.15, 0.2) is 0 Å². The predicted octanol–water partition coefficient (Wildman–Crippen LogP) is -2.33. The summed E-state index contributed by atoms with van der Waals surface area (Å²) in [5.74, 6) is -2.28. The van der Waals surface area contributed by atoms with Crippen LogP contribution in [0.1, 0.15) is 25.7 Å². The Morgan fingerprint density at radius 2 is 1.18 bits per heavy atom. The molecule has 0 aromatic carbocycles. The Morgan fingerprint density at radius 1 is 0.909 bits per heavy atom. The van der Waals surface area contributed by atoms with Gasteiger partial charge in [-0.25, -0.2) is 0 Å². The van der Waals surface area contributed by atoms with E-state index < -0.39 is 11.9 Å². The summed E-state index contributed by atoms with van der Waals surface area (Å²) in [6.07, 6.45) is 0.535. The molecule has 0 spiro atoms. The minimum atomic E-state index is -1.14. The third kappa shape index (κ3) is 13.2. The van der Waals surface area contributed by atoms with Gasteiger partial charge in [-0.2, -0.15) is 0 Å². The van der Waals surface area contributed by atoms with Crippen molar-refractivity contribution in [3.05, 3.63) is 0 Å². The van der Waals surface area contributed by atoms with E-state index in [4.69, 9.17) is 0 Å². The van der Waals surface area contributed by atoms with E-state index >= 15 is 0 Å². The van der Waals surface area contributed by atoms with E-state index in [-0.39, 0.29) is 50.6 Å². The van der Waals surface area contributed by atoms with Crippen molar-refractivity contribution in [1.29, 1.82) is 0 Å². The fourth-order valence-electron chi connectivity index (χ4n) is 0.539. The first-order chi connectivity index (χ1) is 4.63. The number of hydrogen-bond acceptors (Lipinski definition) is 4. The summed E-state index contributed by atoms with van der Waals surface area (Å²) in [5.41, 5.74) is 0. The number of carbonyl (C=O) groups excluding carboxylic acids is 2. The van der Waals surface area contributed by atoms with Crippen molar-refractivity contribution in [2.24, 2.45) is 0 Å². The molecule has 0 rings (SSSR count). The molecule has 0 radical (unpaired) electrons. The zero-order chi connectivity index (χ0) is 7.98. The average molecular weight is 184 g/mol. The second-order valence-corrected chi connectivity index (χ2v) is 1.95. The Kier molecular flexibility index (Phi) is 10.4. The molecular formula is C6H8CaO4. The largest absolute Gasteiger partial charge is 2.00 e. The summed E-state index contributed by atoms with van der Waals surface area (Å²) >= 11 is 0. The minimum absolute atomic E-state index is 0. The van der Waals surface area contributed by atoms with E-state index in [2.05, 4.69) is 0 Å². The number of hydrogen-bond donors (Lipinski definition) is 0. The molecule has 0 atom stereocenters. The van der Waals surface area contributed by atoms with E-state index in [1.165, 1.54) is 0 Å². The molecule has 0 aliphatic carbocycles. The fraction of sp³-hybridized carbons (Fsp3) is 0.667. The van der Waals surface area contributed by atoms with Crippen molar-refractivity contribution in [2.45, 2.75) is 25.7 Å². The summed E-state index contributed by atoms with van der Waals surface area (Å²) in [4.78, 5) is 19.5. The van der Waals surface area contributed by atoms with Crippen LogP contribution in [0.2, 0.25) is 0 Å². The first-order valence-corrected chi connectivity index (χ1v) is 3.02. The normalized spacial score (nSPS) is 8.36. The zero-order valence-corrected chi connectivity index (χ0v) is 8.38. The first kappa shape index (κ1) is 13.8. The van der Waals surface area contributed by atoms with Crippen LogP contribution in [0.5, 0.6) is 0 Å². The van der Waals surface area contributed by atoms with Gasteiger partial charge in [-0.3, -0.25) is 0 Å². The van der Waals surface area contributed by atoms with Crippen molar-refractivity contribution >= 4 is 49.7 Å². The molecule has 0 fully saturated rings. The fourth-order valence-corrected chi connectivity index (χ4v) is 0.539. The topological polar surface area (TPSA) is 80.3 Å². The molecule has 0 aliphatic heterocycles. The van der Waals surface area contributed by atoms with Crippen LogP contribution in [0.25, 0.3) is 0 Å². The molecule has 0 aromatic rings. The predicted molar refractivity (Wildman–Crippen MR) is 34.2 cm³/mol. The monoisotopic (exact) mass is 184 g/mol. The molecule has 0 aliphatic rings. The standard InChI is InChI=1S/C6H10O4.Ca/c7-5(8)3-1-2-4-6(9)10;/h1-4H2,(H,7,8)(H,9,10);/q;+2/p-2. The SMILES string of the molecule is O=C([O-])CCCCC(=O)[O-].[Ca+2]. The zero-order valence-electron chi connectivity index (χ0n) is 6.17. The van der Waals surface area contributed by atoms with E-state index in [0.29, 0.717) is 12.8 Å². The van der Waals surface area contributed by atoms with Gasteiger partial charge in [-0.15, -0.1) is 0 Å². The van der Waals surface area contributed by atoms with Gasteiger partial charge < -0.3 is 19.8 Å². The van der Waals surface area contributed by atoms with Crippen molar-refractivity contribution in [1.82, 2.24) is 0 Å². The first-order valence-electron chi connectivity index (χ1n) is 3.02. The number of aliphatic carboxylic acids is 2. The van der Waals surface area contributed by atoms with Gasteiger partial charge in [-0.05, 0) is 25.7 Å². The maximum absolute atomic E-state index is 9.77. The molecule has 0 bridgehead atoms. The van der Waals surface area contributed by atoms with Gasteiger partial charge in [0.25, 0.3) is 0 Å². The molecular weight excluding hydrogens is 176 g/mol. The average Bonchev–Trinajstić information content (AvgIpc) is 1.79. The Labute approximate surface area is 94.6 Å². The Balaban J connectivity index is 0. The van der Waals surface area contributed by atoms with Gasteiger partial charge in [-0.1, -0.05) is 0 Å². The summed E-state index contributed by atoms with van der Waals surface area (Å²) in [6.45, 7) is 0. The molecule has 5 heteroatoms. The van der Waals surface area contributed by atoms with Gasteiger partial charge in [0.05, 0.1) is 0 Å². The number of carbonyl (C=O) groups is 2. The van der Waals surface area contributed by atoms with Crippen molar-refractivity contribution < 1.29 is 19.8 Å². The van der Waals surface area contributed by atoms with E-state index in [1.54, 1.807) is 0 Å². The van der Waals surface area contributed by atoms with E-state index in [1.807, 2.05) is 0 Å². The molecule has 0 saturated heterocycles. The van der Waals surface area contributed by atoms with Gasteiger partial charge in [0, 0.05) is 11.9 Å². The number of rotatable bonds is 5. The smallest absolute Gasteiger partial charge is 0.550 e. The molecule has 0 unspecified atom stereocenters. The molecule has 0 aromatic heterocycles. The Bertz CT molecular complexity index is 119. The maximum atomic E-state index is 9.77. The van der Waals surface area contributed by atoms with Crippen molar-refractivity contribution in [2.75, 3.05) is 0 Å². The molecule has 11 heavy (non-hydrogen) atoms. The number of carboxylic acid groups (broad SMARTS) is 2. The third-order valence-electron chi connectivity index (χ3n) is 1.01. The number of carboxylic acids is 2. The van der Waals surface area contributed by atoms with E-state index in [9.17, 15) is 19.8 Å². The van der Waals surface area contributed by atoms with Crippen LogP contribution in [0.4, 0.5) is 0 Å². The molecule has 0 amide bonds. The second-order valence-electron chi connectivity index (χ2n) is 1.95. The van der Waals surface area contributed by atoms with Crippen molar-refractivity contribution in [3.8, 4) is 0 Å². The molecule has 0 saturated carbocycles. The van der Waals surface area contributed by atoms with Crippen LogP contribution >= 0.6 is 0 Å². The summed E-state index contributed by atoms with van der Waals surface area (Å²) in [5, 5.41) is 19.5. The maximum Gasteiger partial charge on any atom is 2.00 e. The second kappa shape index (κ2) is 8.30. The van der Waals surface area contributed by atoms with Crippen LogP contribution in [-0.4, -0.2) is 49.7 Å². The molecule has 4 nitrogen and oxygen atoms in total. The van der Waals surface area contributed by atoms with Gasteiger partial charge in [0.1, 0.15) is 0 Å². The molecule has 0 heterocycles. The summed E-state index contributed by atoms with van der Waals surface area (Å²) in [6, 6.07) is 0. The van der Waals surface area contributed by atoms with Crippen molar-refractivity contribution in [3.63, 3.8) is 0 Å². The Morgan fingerprint density at radius 3 is 1.36 bits per heavy atom. The van der Waals surface area contributed by atoms with Gasteiger partial charge in [0.2, 0.25) is 0 Å². The summed E-state index contributed by atoms with van der Waals surface area (Å²) in [7, 11) is 0. The van der Waals surface area contributed by atoms with Crippen LogP contribution in [0, 0.1) is 0 Å². The van der Waals surface area contributed by atoms with Crippen LogP contribution < -0.4 is 10.2 Å². The summed E-state index contributed by atoms with van der Waals surface area (Å²) < 4.78 is 0. The van der Waals surface area contributed by atoms with E-state index in [0.717, 1.165) is 0 Å². The van der Waals surface area contributed by atoms with Crippen LogP contribution in [0.3, 0.4) is 0 Å². The minimum Gasteiger partial charge on any atom is -0.550 e. The molecule has 0 N–H and O–H groups in total. The quantitative estimate of drug-likeness (QED) is 0.354. The van der Waals surface area contributed by atoms with Crippen LogP contribution in [-0.2, 0) is 9.59 Å². The number of unbranched alkanes of at least 4 members (excludes halogenated alkanes) is 1.